The van der Waals surface area contributed by atoms with E-state index in [-0.39, 0.29) is 11.7 Å². The van der Waals surface area contributed by atoms with Gasteiger partial charge in [-0.15, -0.1) is 0 Å². The molecule has 0 aliphatic heterocycles. The summed E-state index contributed by atoms with van der Waals surface area (Å²) in [5.74, 6) is -0.0858. The Morgan fingerprint density at radius 1 is 1.35 bits per heavy atom. The molecule has 116 valence electrons. The van der Waals surface area contributed by atoms with Crippen LogP contribution < -0.4 is 11.1 Å². The molecule has 6 nitrogen and oxygen atoms in total. The minimum Gasteiger partial charge on any atom is -0.409 e. The molecule has 0 unspecified atom stereocenters. The summed E-state index contributed by atoms with van der Waals surface area (Å²) >= 11 is 0. The van der Waals surface area contributed by atoms with E-state index in [1.54, 1.807) is 0 Å². The first-order chi connectivity index (χ1) is 9.35. The maximum absolute atomic E-state index is 12.3. The first-order valence-corrected chi connectivity index (χ1v) is 7.37. The molecule has 0 aromatic rings. The Hall–Kier alpha value is -1.30. The predicted octanol–water partition coefficient (Wildman–Crippen LogP) is 1.14. The van der Waals surface area contributed by atoms with Gasteiger partial charge in [0.05, 0.1) is 0 Å². The zero-order chi connectivity index (χ0) is 15.3. The van der Waals surface area contributed by atoms with E-state index in [1.807, 2.05) is 0 Å². The van der Waals surface area contributed by atoms with Crippen LogP contribution in [0.2, 0.25) is 0 Å². The molecule has 20 heavy (non-hydrogen) atoms. The number of hydrogen-bond acceptors (Lipinski definition) is 4. The molecule has 1 fully saturated rings. The molecule has 0 aromatic heterocycles. The van der Waals surface area contributed by atoms with Crippen molar-refractivity contribution in [2.45, 2.75) is 59.0 Å². The predicted molar refractivity (Wildman–Crippen MR) is 79.7 cm³/mol. The van der Waals surface area contributed by atoms with Gasteiger partial charge in [-0.25, -0.2) is 0 Å². The SMILES string of the molecule is CC(C)N(CCNC(=O)C1(C(N)=NO)CCC1)C(C)C. The topological polar surface area (TPSA) is 91.0 Å². The summed E-state index contributed by atoms with van der Waals surface area (Å²) in [7, 11) is 0. The number of nitrogens with one attached hydrogen (secondary N) is 1. The van der Waals surface area contributed by atoms with E-state index < -0.39 is 5.41 Å². The molecule has 0 saturated heterocycles. The number of oxime groups is 1. The van der Waals surface area contributed by atoms with Crippen LogP contribution >= 0.6 is 0 Å². The molecule has 1 aliphatic rings. The number of hydrogen-bond donors (Lipinski definition) is 3. The minimum absolute atomic E-state index is 0.0332. The zero-order valence-corrected chi connectivity index (χ0v) is 13.0. The Balaban J connectivity index is 2.51. The minimum atomic E-state index is -0.782. The molecule has 1 rings (SSSR count). The number of carbonyl (C=O) groups excluding carboxylic acids is 1. The van der Waals surface area contributed by atoms with Gasteiger partial charge in [-0.1, -0.05) is 11.6 Å². The van der Waals surface area contributed by atoms with Gasteiger partial charge >= 0.3 is 0 Å². The summed E-state index contributed by atoms with van der Waals surface area (Å²) in [6, 6.07) is 0.877. The van der Waals surface area contributed by atoms with Gasteiger partial charge in [0.2, 0.25) is 5.91 Å². The maximum Gasteiger partial charge on any atom is 0.233 e. The number of nitrogens with two attached hydrogens (primary N) is 1. The summed E-state index contributed by atoms with van der Waals surface area (Å²) in [5, 5.41) is 14.8. The average Bonchev–Trinajstić information content (AvgIpc) is 2.31. The van der Waals surface area contributed by atoms with E-state index in [2.05, 4.69) is 43.1 Å². The fourth-order valence-electron chi connectivity index (χ4n) is 2.81. The van der Waals surface area contributed by atoms with Crippen LogP contribution in [0.3, 0.4) is 0 Å². The molecule has 0 radical (unpaired) electrons. The van der Waals surface area contributed by atoms with Gasteiger partial charge in [0.1, 0.15) is 5.41 Å². The molecule has 1 amide bonds. The second kappa shape index (κ2) is 6.92. The van der Waals surface area contributed by atoms with E-state index in [0.717, 1.165) is 13.0 Å². The summed E-state index contributed by atoms with van der Waals surface area (Å²) < 4.78 is 0. The molecule has 0 aromatic carbocycles. The van der Waals surface area contributed by atoms with Gasteiger partial charge in [0, 0.05) is 25.2 Å². The van der Waals surface area contributed by atoms with Gasteiger partial charge in [-0.05, 0) is 40.5 Å². The molecular formula is C14H28N4O2. The lowest BCUT2D eigenvalue weighted by Gasteiger charge is -2.39. The number of carbonyl (C=O) groups is 1. The molecule has 4 N–H and O–H groups in total. The maximum atomic E-state index is 12.3. The number of amidine groups is 1. The fourth-order valence-corrected chi connectivity index (χ4v) is 2.81. The molecule has 0 heterocycles. The molecule has 6 heteroatoms. The molecule has 1 aliphatic carbocycles. The molecule has 0 bridgehead atoms. The second-order valence-electron chi connectivity index (χ2n) is 6.10. The average molecular weight is 284 g/mol. The van der Waals surface area contributed by atoms with Gasteiger partial charge in [-0.2, -0.15) is 0 Å². The van der Waals surface area contributed by atoms with Crippen molar-refractivity contribution in [1.29, 1.82) is 0 Å². The highest BCUT2D eigenvalue weighted by molar-refractivity contribution is 6.07. The van der Waals surface area contributed by atoms with Crippen molar-refractivity contribution in [3.63, 3.8) is 0 Å². The van der Waals surface area contributed by atoms with Crippen LogP contribution in [-0.2, 0) is 4.79 Å². The van der Waals surface area contributed by atoms with Crippen LogP contribution in [0.5, 0.6) is 0 Å². The third-order valence-corrected chi connectivity index (χ3v) is 4.22. The number of amides is 1. The Bertz CT molecular complexity index is 354. The largest absolute Gasteiger partial charge is 0.409 e. The fraction of sp³-hybridized carbons (Fsp3) is 0.857. The lowest BCUT2D eigenvalue weighted by Crippen LogP contribution is -2.55. The van der Waals surface area contributed by atoms with Gasteiger partial charge in [0.15, 0.2) is 5.84 Å². The first-order valence-electron chi connectivity index (χ1n) is 7.37. The van der Waals surface area contributed by atoms with E-state index in [4.69, 9.17) is 10.9 Å². The van der Waals surface area contributed by atoms with Crippen molar-refractivity contribution >= 4 is 11.7 Å². The molecular weight excluding hydrogens is 256 g/mol. The third kappa shape index (κ3) is 3.42. The second-order valence-corrected chi connectivity index (χ2v) is 6.10. The van der Waals surface area contributed by atoms with E-state index in [1.165, 1.54) is 0 Å². The van der Waals surface area contributed by atoms with E-state index >= 15 is 0 Å². The molecule has 1 saturated carbocycles. The van der Waals surface area contributed by atoms with Crippen molar-refractivity contribution in [1.82, 2.24) is 10.2 Å². The number of rotatable bonds is 7. The summed E-state index contributed by atoms with van der Waals surface area (Å²) in [4.78, 5) is 14.6. The highest BCUT2D eigenvalue weighted by Crippen LogP contribution is 2.41. The molecule has 0 atom stereocenters. The Kier molecular flexibility index (Phi) is 5.80. The van der Waals surface area contributed by atoms with E-state index in [0.29, 0.717) is 31.5 Å². The van der Waals surface area contributed by atoms with Crippen molar-refractivity contribution < 1.29 is 10.0 Å². The standard InChI is InChI=1S/C14H28N4O2/c1-10(2)18(11(3)4)9-8-16-13(19)14(6-5-7-14)12(15)17-20/h10-11,20H,5-9H2,1-4H3,(H2,15,17)(H,16,19). The van der Waals surface area contributed by atoms with Gasteiger partial charge < -0.3 is 16.3 Å². The summed E-state index contributed by atoms with van der Waals surface area (Å²) in [5.41, 5.74) is 4.89. The van der Waals surface area contributed by atoms with Crippen molar-refractivity contribution in [3.8, 4) is 0 Å². The van der Waals surface area contributed by atoms with Crippen LogP contribution in [0.25, 0.3) is 0 Å². The van der Waals surface area contributed by atoms with Gasteiger partial charge in [0.25, 0.3) is 0 Å². The molecule has 0 spiro atoms. The quantitative estimate of drug-likeness (QED) is 0.283. The van der Waals surface area contributed by atoms with Crippen molar-refractivity contribution in [2.24, 2.45) is 16.3 Å². The zero-order valence-electron chi connectivity index (χ0n) is 13.0. The van der Waals surface area contributed by atoms with Crippen LogP contribution in [0, 0.1) is 5.41 Å². The Labute approximate surface area is 121 Å². The van der Waals surface area contributed by atoms with Crippen molar-refractivity contribution in [2.75, 3.05) is 13.1 Å². The lowest BCUT2D eigenvalue weighted by molar-refractivity contribution is -0.131. The third-order valence-electron chi connectivity index (χ3n) is 4.22. The Morgan fingerprint density at radius 2 is 1.90 bits per heavy atom. The van der Waals surface area contributed by atoms with E-state index in [9.17, 15) is 4.79 Å². The normalized spacial score (nSPS) is 18.4. The smallest absolute Gasteiger partial charge is 0.233 e. The van der Waals surface area contributed by atoms with Crippen LogP contribution in [0.1, 0.15) is 47.0 Å². The highest BCUT2D eigenvalue weighted by atomic mass is 16.4. The van der Waals surface area contributed by atoms with Crippen LogP contribution in [-0.4, -0.2) is 47.0 Å². The lowest BCUT2D eigenvalue weighted by atomic mass is 9.67. The van der Waals surface area contributed by atoms with Gasteiger partial charge in [-0.3, -0.25) is 9.69 Å². The summed E-state index contributed by atoms with van der Waals surface area (Å²) in [6.45, 7) is 9.96. The first kappa shape index (κ1) is 16.8. The van der Waals surface area contributed by atoms with Crippen LogP contribution in [0.4, 0.5) is 0 Å². The highest BCUT2D eigenvalue weighted by Gasteiger charge is 2.48. The van der Waals surface area contributed by atoms with Crippen molar-refractivity contribution in [3.05, 3.63) is 0 Å². The summed E-state index contributed by atoms with van der Waals surface area (Å²) in [6.07, 6.45) is 2.26. The Morgan fingerprint density at radius 3 is 2.25 bits per heavy atom. The van der Waals surface area contributed by atoms with Crippen LogP contribution in [0.15, 0.2) is 5.16 Å². The monoisotopic (exact) mass is 284 g/mol. The number of nitrogens with zero attached hydrogens (tertiary/aromatic N) is 2.